The van der Waals surface area contributed by atoms with Gasteiger partial charge in [-0.2, -0.15) is 0 Å². The first-order valence-electron chi connectivity index (χ1n) is 9.48. The van der Waals surface area contributed by atoms with Gasteiger partial charge in [-0.3, -0.25) is 0 Å². The third-order valence-corrected chi connectivity index (χ3v) is 5.43. The number of hydrogen-bond donors (Lipinski definition) is 1. The summed E-state index contributed by atoms with van der Waals surface area (Å²) in [5, 5.41) is 3.64. The summed E-state index contributed by atoms with van der Waals surface area (Å²) in [5.41, 5.74) is 5.59. The van der Waals surface area contributed by atoms with Crippen molar-refractivity contribution in [3.63, 3.8) is 0 Å². The normalized spacial score (nSPS) is 25.5. The Labute approximate surface area is 148 Å². The molecule has 0 fully saturated rings. The van der Waals surface area contributed by atoms with Crippen LogP contribution in [0.3, 0.4) is 0 Å². The number of nitrogens with one attached hydrogen (secondary N) is 1. The lowest BCUT2D eigenvalue weighted by atomic mass is 9.69. The van der Waals surface area contributed by atoms with E-state index in [1.165, 1.54) is 41.7 Å². The van der Waals surface area contributed by atoms with E-state index >= 15 is 0 Å². The highest BCUT2D eigenvalue weighted by Crippen LogP contribution is 2.43. The van der Waals surface area contributed by atoms with E-state index < -0.39 is 0 Å². The molecular weight excluding hydrogens is 290 g/mol. The highest BCUT2D eigenvalue weighted by Gasteiger charge is 2.32. The molecule has 0 saturated heterocycles. The van der Waals surface area contributed by atoms with Gasteiger partial charge in [0.2, 0.25) is 0 Å². The van der Waals surface area contributed by atoms with E-state index in [0.717, 1.165) is 6.54 Å². The van der Waals surface area contributed by atoms with E-state index in [4.69, 9.17) is 0 Å². The summed E-state index contributed by atoms with van der Waals surface area (Å²) >= 11 is 0. The number of hydrogen-bond acceptors (Lipinski definition) is 1. The van der Waals surface area contributed by atoms with E-state index in [1.54, 1.807) is 0 Å². The Kier molecular flexibility index (Phi) is 6.90. The van der Waals surface area contributed by atoms with Gasteiger partial charge in [-0.1, -0.05) is 76.6 Å². The Hall–Kier alpha value is -1.76. The number of allylic oxidation sites excluding steroid dienone is 4. The van der Waals surface area contributed by atoms with E-state index in [0.29, 0.717) is 17.8 Å². The topological polar surface area (TPSA) is 12.0 Å². The maximum atomic E-state index is 4.08. The maximum Gasteiger partial charge on any atom is 0.0403 e. The molecule has 1 aliphatic heterocycles. The summed E-state index contributed by atoms with van der Waals surface area (Å²) in [5.74, 6) is 1.73. The molecular formula is C23H33N. The second-order valence-corrected chi connectivity index (χ2v) is 6.93. The van der Waals surface area contributed by atoms with Gasteiger partial charge in [0.15, 0.2) is 0 Å². The van der Waals surface area contributed by atoms with Gasteiger partial charge in [-0.05, 0) is 53.9 Å². The van der Waals surface area contributed by atoms with Crippen LogP contribution < -0.4 is 5.32 Å². The van der Waals surface area contributed by atoms with Crippen LogP contribution in [0, 0.1) is 11.8 Å². The van der Waals surface area contributed by atoms with Crippen LogP contribution in [-0.2, 0) is 6.54 Å². The largest absolute Gasteiger partial charge is 0.381 e. The molecule has 3 atom stereocenters. The Morgan fingerprint density at radius 3 is 2.67 bits per heavy atom. The van der Waals surface area contributed by atoms with Gasteiger partial charge in [0, 0.05) is 12.2 Å². The summed E-state index contributed by atoms with van der Waals surface area (Å²) in [6, 6.07) is 8.98. The van der Waals surface area contributed by atoms with Gasteiger partial charge in [-0.15, -0.1) is 0 Å². The van der Waals surface area contributed by atoms with Crippen molar-refractivity contribution < 1.29 is 0 Å². The molecule has 0 bridgehead atoms. The summed E-state index contributed by atoms with van der Waals surface area (Å²) in [7, 11) is 0. The Bertz CT molecular complexity index is 608. The van der Waals surface area contributed by atoms with Gasteiger partial charge in [0.1, 0.15) is 0 Å². The molecule has 1 aromatic carbocycles. The van der Waals surface area contributed by atoms with Crippen molar-refractivity contribution in [2.45, 2.75) is 59.4 Å². The lowest BCUT2D eigenvalue weighted by molar-refractivity contribution is 0.321. The minimum absolute atomic E-state index is 0.521. The quantitative estimate of drug-likeness (QED) is 0.643. The first-order valence-corrected chi connectivity index (χ1v) is 9.48. The van der Waals surface area contributed by atoms with Gasteiger partial charge in [0.25, 0.3) is 0 Å². The molecule has 130 valence electrons. The van der Waals surface area contributed by atoms with Crippen LogP contribution in [0.25, 0.3) is 0 Å². The molecule has 0 aliphatic carbocycles. The monoisotopic (exact) mass is 323 g/mol. The molecule has 3 unspecified atom stereocenters. The Balaban J connectivity index is 2.67. The SMILES string of the molecule is C=C/C1=C(\C=C/C)C(C(C)CC)C(CCC)c2ccccc2CN1. The fourth-order valence-electron chi connectivity index (χ4n) is 4.11. The van der Waals surface area contributed by atoms with Gasteiger partial charge in [-0.25, -0.2) is 0 Å². The number of benzene rings is 1. The van der Waals surface area contributed by atoms with Crippen molar-refractivity contribution in [1.29, 1.82) is 0 Å². The zero-order valence-electron chi connectivity index (χ0n) is 15.8. The number of fused-ring (bicyclic) bond motifs is 1. The standard InChI is InChI=1S/C23H33N/c1-6-12-20-19-15-11-10-14-18(19)16-24-22(9-4)21(13-7-2)23(20)17(5)8-3/h7,9-11,13-15,17,20,23-24H,4,6,8,12,16H2,1-3,5H3/b13-7-,22-21-. The smallest absolute Gasteiger partial charge is 0.0403 e. The summed E-state index contributed by atoms with van der Waals surface area (Å²) < 4.78 is 0. The average Bonchev–Trinajstić information content (AvgIpc) is 2.60. The lowest BCUT2D eigenvalue weighted by Crippen LogP contribution is -2.29. The van der Waals surface area contributed by atoms with Crippen molar-refractivity contribution in [2.75, 3.05) is 0 Å². The first kappa shape index (κ1) is 18.6. The Morgan fingerprint density at radius 1 is 1.29 bits per heavy atom. The molecule has 1 aliphatic rings. The van der Waals surface area contributed by atoms with Crippen LogP contribution in [0.1, 0.15) is 64.0 Å². The summed E-state index contributed by atoms with van der Waals surface area (Å²) in [6.45, 7) is 14.1. The van der Waals surface area contributed by atoms with Crippen molar-refractivity contribution in [3.05, 3.63) is 71.5 Å². The van der Waals surface area contributed by atoms with E-state index in [-0.39, 0.29) is 0 Å². The molecule has 1 aromatic rings. The highest BCUT2D eigenvalue weighted by molar-refractivity contribution is 5.41. The zero-order chi connectivity index (χ0) is 17.5. The van der Waals surface area contributed by atoms with Crippen LogP contribution >= 0.6 is 0 Å². The molecule has 0 amide bonds. The van der Waals surface area contributed by atoms with Crippen LogP contribution in [0.5, 0.6) is 0 Å². The minimum atomic E-state index is 0.521. The van der Waals surface area contributed by atoms with Crippen molar-refractivity contribution in [3.8, 4) is 0 Å². The van der Waals surface area contributed by atoms with Gasteiger partial charge < -0.3 is 5.32 Å². The minimum Gasteiger partial charge on any atom is -0.381 e. The zero-order valence-corrected chi connectivity index (χ0v) is 15.8. The third-order valence-electron chi connectivity index (χ3n) is 5.43. The Morgan fingerprint density at radius 2 is 2.04 bits per heavy atom. The van der Waals surface area contributed by atoms with Crippen LogP contribution in [0.4, 0.5) is 0 Å². The predicted octanol–water partition coefficient (Wildman–Crippen LogP) is 6.35. The van der Waals surface area contributed by atoms with Crippen molar-refractivity contribution in [2.24, 2.45) is 11.8 Å². The molecule has 24 heavy (non-hydrogen) atoms. The molecule has 0 radical (unpaired) electrons. The summed E-state index contributed by atoms with van der Waals surface area (Å²) in [6.07, 6.45) is 10.1. The highest BCUT2D eigenvalue weighted by atomic mass is 14.9. The molecule has 0 spiro atoms. The molecule has 1 heteroatoms. The van der Waals surface area contributed by atoms with Gasteiger partial charge >= 0.3 is 0 Å². The predicted molar refractivity (Wildman–Crippen MR) is 106 cm³/mol. The summed E-state index contributed by atoms with van der Waals surface area (Å²) in [4.78, 5) is 0. The molecule has 1 N–H and O–H groups in total. The third kappa shape index (κ3) is 3.83. The molecule has 0 aromatic heterocycles. The van der Waals surface area contributed by atoms with Crippen molar-refractivity contribution in [1.82, 2.24) is 5.32 Å². The maximum absolute atomic E-state index is 4.08. The lowest BCUT2D eigenvalue weighted by Gasteiger charge is -2.37. The average molecular weight is 324 g/mol. The first-order chi connectivity index (χ1) is 11.7. The number of rotatable bonds is 6. The van der Waals surface area contributed by atoms with Crippen LogP contribution in [0.15, 0.2) is 60.3 Å². The van der Waals surface area contributed by atoms with E-state index in [2.05, 4.69) is 76.0 Å². The molecule has 2 rings (SSSR count). The second kappa shape index (κ2) is 8.92. The van der Waals surface area contributed by atoms with Crippen molar-refractivity contribution >= 4 is 0 Å². The molecule has 1 heterocycles. The fourth-order valence-corrected chi connectivity index (χ4v) is 4.11. The van der Waals surface area contributed by atoms with Crippen LogP contribution in [-0.4, -0.2) is 0 Å². The second-order valence-electron chi connectivity index (χ2n) is 6.93. The fraction of sp³-hybridized carbons (Fsp3) is 0.478. The van der Waals surface area contributed by atoms with E-state index in [9.17, 15) is 0 Å². The van der Waals surface area contributed by atoms with Gasteiger partial charge in [0.05, 0.1) is 0 Å². The van der Waals surface area contributed by atoms with E-state index in [1.807, 2.05) is 6.08 Å². The molecule has 0 saturated carbocycles. The molecule has 1 nitrogen and oxygen atoms in total. The van der Waals surface area contributed by atoms with Crippen LogP contribution in [0.2, 0.25) is 0 Å².